The number of likely N-dealkylation sites (tertiary alicyclic amines) is 1. The molecule has 0 bridgehead atoms. The number of primary amides is 1. The van der Waals surface area contributed by atoms with Crippen LogP contribution in [0, 0.1) is 11.8 Å². The van der Waals surface area contributed by atoms with Crippen molar-refractivity contribution in [3.8, 4) is 0 Å². The van der Waals surface area contributed by atoms with Crippen LogP contribution in [0.1, 0.15) is 20.3 Å². The Bertz CT molecular complexity index is 271. The van der Waals surface area contributed by atoms with Gasteiger partial charge in [-0.25, -0.2) is 0 Å². The highest BCUT2D eigenvalue weighted by molar-refractivity contribution is 5.80. The Hall–Kier alpha value is -0.650. The summed E-state index contributed by atoms with van der Waals surface area (Å²) in [7, 11) is 1.98. The third-order valence-electron chi connectivity index (χ3n) is 3.73. The number of carbonyl (C=O) groups excluding carboxylic acids is 1. The van der Waals surface area contributed by atoms with Gasteiger partial charge in [0.05, 0.1) is 12.6 Å². The number of aliphatic hydroxyl groups is 1. The number of hydrogen-bond acceptors (Lipinski definition) is 4. The third-order valence-corrected chi connectivity index (χ3v) is 3.73. The van der Waals surface area contributed by atoms with Crippen LogP contribution < -0.4 is 5.73 Å². The second kappa shape index (κ2) is 7.07. The zero-order valence-corrected chi connectivity index (χ0v) is 11.8. The van der Waals surface area contributed by atoms with E-state index in [1.807, 2.05) is 20.9 Å². The molecule has 1 heterocycles. The molecule has 1 rings (SSSR count). The van der Waals surface area contributed by atoms with E-state index in [1.54, 1.807) is 0 Å². The van der Waals surface area contributed by atoms with Crippen LogP contribution >= 0.6 is 0 Å². The van der Waals surface area contributed by atoms with Crippen molar-refractivity contribution in [2.24, 2.45) is 17.6 Å². The molecule has 0 aromatic rings. The van der Waals surface area contributed by atoms with E-state index in [0.29, 0.717) is 5.92 Å². The van der Waals surface area contributed by atoms with Gasteiger partial charge < -0.3 is 15.7 Å². The average Bonchev–Trinajstić information content (AvgIpc) is 2.64. The predicted octanol–water partition coefficient (Wildman–Crippen LogP) is -0.258. The smallest absolute Gasteiger partial charge is 0.235 e. The Balaban J connectivity index is 2.44. The van der Waals surface area contributed by atoms with E-state index in [9.17, 15) is 4.79 Å². The van der Waals surface area contributed by atoms with Crippen LogP contribution in [0.15, 0.2) is 0 Å². The van der Waals surface area contributed by atoms with Gasteiger partial charge in [0.1, 0.15) is 0 Å². The fraction of sp³-hybridized carbons (Fsp3) is 0.923. The number of nitrogens with zero attached hydrogens (tertiary/aromatic N) is 2. The summed E-state index contributed by atoms with van der Waals surface area (Å²) in [5.41, 5.74) is 5.46. The summed E-state index contributed by atoms with van der Waals surface area (Å²) < 4.78 is 0. The van der Waals surface area contributed by atoms with Gasteiger partial charge in [0.2, 0.25) is 5.91 Å². The molecular weight excluding hydrogens is 230 g/mol. The summed E-state index contributed by atoms with van der Waals surface area (Å²) in [6.45, 7) is 7.98. The highest BCUT2D eigenvalue weighted by Crippen LogP contribution is 2.19. The first kappa shape index (κ1) is 15.4. The van der Waals surface area contributed by atoms with Crippen LogP contribution in [0.5, 0.6) is 0 Å². The van der Waals surface area contributed by atoms with Gasteiger partial charge in [-0.1, -0.05) is 13.8 Å². The number of rotatable bonds is 7. The fourth-order valence-electron chi connectivity index (χ4n) is 2.98. The van der Waals surface area contributed by atoms with E-state index in [4.69, 9.17) is 10.8 Å². The highest BCUT2D eigenvalue weighted by atomic mass is 16.3. The molecule has 0 aromatic carbocycles. The summed E-state index contributed by atoms with van der Waals surface area (Å²) >= 11 is 0. The molecule has 5 heteroatoms. The lowest BCUT2D eigenvalue weighted by Crippen LogP contribution is -2.47. The number of amides is 1. The van der Waals surface area contributed by atoms with Gasteiger partial charge in [-0.3, -0.25) is 9.69 Å². The molecule has 0 spiro atoms. The van der Waals surface area contributed by atoms with Crippen LogP contribution in [0.3, 0.4) is 0 Å². The lowest BCUT2D eigenvalue weighted by atomic mass is 10.0. The summed E-state index contributed by atoms with van der Waals surface area (Å²) in [5.74, 6) is 0.572. The standard InChI is InChI=1S/C13H27N3O2/c1-10(2)12(13(14)18)15(3)8-11-4-5-16(9-11)6-7-17/h10-12,17H,4-9H2,1-3H3,(H2,14,18)/t11-,12+/m1/s1. The first-order valence-electron chi connectivity index (χ1n) is 6.78. The molecule has 1 aliphatic rings. The summed E-state index contributed by atoms with van der Waals surface area (Å²) in [4.78, 5) is 15.8. The van der Waals surface area contributed by atoms with Crippen LogP contribution in [-0.4, -0.2) is 66.7 Å². The van der Waals surface area contributed by atoms with E-state index in [-0.39, 0.29) is 24.5 Å². The second-order valence-electron chi connectivity index (χ2n) is 5.71. The monoisotopic (exact) mass is 257 g/mol. The zero-order chi connectivity index (χ0) is 13.7. The topological polar surface area (TPSA) is 69.8 Å². The molecule has 0 unspecified atom stereocenters. The predicted molar refractivity (Wildman–Crippen MR) is 72.1 cm³/mol. The van der Waals surface area contributed by atoms with Gasteiger partial charge in [-0.2, -0.15) is 0 Å². The Morgan fingerprint density at radius 1 is 1.56 bits per heavy atom. The third kappa shape index (κ3) is 4.23. The molecule has 0 aliphatic carbocycles. The van der Waals surface area contributed by atoms with Crippen molar-refractivity contribution in [3.63, 3.8) is 0 Å². The van der Waals surface area contributed by atoms with Gasteiger partial charge in [0, 0.05) is 19.6 Å². The number of β-amino-alcohol motifs (C(OH)–C–C–N with tert-alkyl or cyclic N) is 1. The van der Waals surface area contributed by atoms with E-state index in [1.165, 1.54) is 0 Å². The zero-order valence-electron chi connectivity index (χ0n) is 11.8. The highest BCUT2D eigenvalue weighted by Gasteiger charge is 2.29. The van der Waals surface area contributed by atoms with Crippen LogP contribution in [0.2, 0.25) is 0 Å². The molecule has 0 saturated carbocycles. The Labute approximate surface area is 110 Å². The molecule has 1 aliphatic heterocycles. The van der Waals surface area contributed by atoms with Crippen molar-refractivity contribution >= 4 is 5.91 Å². The Kier molecular flexibility index (Phi) is 6.05. The SMILES string of the molecule is CC(C)[C@@H](C(N)=O)N(C)C[C@H]1CCN(CCO)C1. The first-order valence-corrected chi connectivity index (χ1v) is 6.78. The minimum Gasteiger partial charge on any atom is -0.395 e. The van der Waals surface area contributed by atoms with Crippen molar-refractivity contribution in [1.82, 2.24) is 9.80 Å². The lowest BCUT2D eigenvalue weighted by molar-refractivity contribution is -0.124. The summed E-state index contributed by atoms with van der Waals surface area (Å²) in [6.07, 6.45) is 1.13. The van der Waals surface area contributed by atoms with E-state index >= 15 is 0 Å². The molecule has 1 amide bonds. The van der Waals surface area contributed by atoms with Gasteiger partial charge in [0.15, 0.2) is 0 Å². The molecule has 18 heavy (non-hydrogen) atoms. The number of carbonyl (C=O) groups is 1. The van der Waals surface area contributed by atoms with Gasteiger partial charge in [-0.05, 0) is 31.8 Å². The van der Waals surface area contributed by atoms with Crippen LogP contribution in [0.25, 0.3) is 0 Å². The molecule has 5 nitrogen and oxygen atoms in total. The maximum atomic E-state index is 11.5. The van der Waals surface area contributed by atoms with E-state index in [0.717, 1.165) is 32.6 Å². The number of aliphatic hydroxyl groups excluding tert-OH is 1. The number of hydrogen-bond donors (Lipinski definition) is 2. The lowest BCUT2D eigenvalue weighted by Gasteiger charge is -2.30. The molecule has 0 aromatic heterocycles. The summed E-state index contributed by atoms with van der Waals surface area (Å²) in [5, 5.41) is 8.92. The van der Waals surface area contributed by atoms with Crippen LogP contribution in [-0.2, 0) is 4.79 Å². The van der Waals surface area contributed by atoms with Gasteiger partial charge >= 0.3 is 0 Å². The van der Waals surface area contributed by atoms with E-state index in [2.05, 4.69) is 9.80 Å². The van der Waals surface area contributed by atoms with Crippen molar-refractivity contribution in [2.75, 3.05) is 39.8 Å². The average molecular weight is 257 g/mol. The molecule has 2 atom stereocenters. The minimum absolute atomic E-state index is 0.183. The van der Waals surface area contributed by atoms with Crippen molar-refractivity contribution in [2.45, 2.75) is 26.3 Å². The van der Waals surface area contributed by atoms with Crippen molar-refractivity contribution in [3.05, 3.63) is 0 Å². The van der Waals surface area contributed by atoms with Crippen LogP contribution in [0.4, 0.5) is 0 Å². The molecule has 0 radical (unpaired) electrons. The maximum absolute atomic E-state index is 11.5. The Morgan fingerprint density at radius 2 is 2.22 bits per heavy atom. The van der Waals surface area contributed by atoms with E-state index < -0.39 is 0 Å². The maximum Gasteiger partial charge on any atom is 0.235 e. The first-order chi connectivity index (χ1) is 8.45. The quantitative estimate of drug-likeness (QED) is 0.659. The van der Waals surface area contributed by atoms with Crippen molar-refractivity contribution < 1.29 is 9.90 Å². The van der Waals surface area contributed by atoms with Gasteiger partial charge in [0.25, 0.3) is 0 Å². The largest absolute Gasteiger partial charge is 0.395 e. The van der Waals surface area contributed by atoms with Crippen molar-refractivity contribution in [1.29, 1.82) is 0 Å². The molecule has 1 fully saturated rings. The molecular formula is C13H27N3O2. The number of nitrogens with two attached hydrogens (primary N) is 1. The fourth-order valence-corrected chi connectivity index (χ4v) is 2.98. The number of likely N-dealkylation sites (N-methyl/N-ethyl adjacent to an activating group) is 1. The van der Waals surface area contributed by atoms with Gasteiger partial charge in [-0.15, -0.1) is 0 Å². The molecule has 106 valence electrons. The second-order valence-corrected chi connectivity index (χ2v) is 5.71. The Morgan fingerprint density at radius 3 is 2.72 bits per heavy atom. The summed E-state index contributed by atoms with van der Waals surface area (Å²) in [6, 6.07) is -0.183. The molecule has 1 saturated heterocycles. The molecule has 3 N–H and O–H groups in total. The normalized spacial score (nSPS) is 22.9. The minimum atomic E-state index is -0.238.